The van der Waals surface area contributed by atoms with Crippen LogP contribution in [0.3, 0.4) is 0 Å². The Hall–Kier alpha value is -1.23. The zero-order valence-electron chi connectivity index (χ0n) is 11.2. The molecule has 0 N–H and O–H groups in total. The van der Waals surface area contributed by atoms with Crippen molar-refractivity contribution in [2.75, 3.05) is 25.7 Å². The molecule has 0 aliphatic rings. The van der Waals surface area contributed by atoms with E-state index in [1.807, 2.05) is 0 Å². The van der Waals surface area contributed by atoms with Crippen LogP contribution < -0.4 is 0 Å². The number of rotatable bonds is 6. The molecule has 0 aliphatic heterocycles. The highest BCUT2D eigenvalue weighted by Crippen LogP contribution is 2.28. The normalized spacial score (nSPS) is 12.6. The SMILES string of the molecule is CN(C)S(=O)(=O)c1ccc(S(=O)(=O)CCCl)c([N+](=O)[O-])c1. The summed E-state index contributed by atoms with van der Waals surface area (Å²) in [6.07, 6.45) is 0. The maximum Gasteiger partial charge on any atom is 0.289 e. The van der Waals surface area contributed by atoms with Crippen molar-refractivity contribution in [3.63, 3.8) is 0 Å². The Morgan fingerprint density at radius 3 is 2.24 bits per heavy atom. The van der Waals surface area contributed by atoms with Crippen molar-refractivity contribution in [2.45, 2.75) is 9.79 Å². The van der Waals surface area contributed by atoms with Gasteiger partial charge in [0.15, 0.2) is 9.84 Å². The molecule has 0 radical (unpaired) electrons. The maximum absolute atomic E-state index is 11.9. The molecule has 0 fully saturated rings. The molecule has 0 aliphatic carbocycles. The van der Waals surface area contributed by atoms with Gasteiger partial charge in [-0.1, -0.05) is 0 Å². The Balaban J connectivity index is 3.58. The Labute approximate surface area is 127 Å². The second kappa shape index (κ2) is 6.26. The van der Waals surface area contributed by atoms with Gasteiger partial charge in [0.2, 0.25) is 10.0 Å². The van der Waals surface area contributed by atoms with E-state index in [1.165, 1.54) is 14.1 Å². The highest BCUT2D eigenvalue weighted by molar-refractivity contribution is 7.91. The minimum absolute atomic E-state index is 0.225. The molecule has 11 heteroatoms. The first-order chi connectivity index (χ1) is 9.54. The van der Waals surface area contributed by atoms with Crippen LogP contribution in [0, 0.1) is 10.1 Å². The molecule has 1 aromatic carbocycles. The zero-order valence-corrected chi connectivity index (χ0v) is 13.6. The van der Waals surface area contributed by atoms with Crippen molar-refractivity contribution >= 4 is 37.1 Å². The Morgan fingerprint density at radius 2 is 1.81 bits per heavy atom. The van der Waals surface area contributed by atoms with Gasteiger partial charge in [0.25, 0.3) is 5.69 Å². The van der Waals surface area contributed by atoms with E-state index < -0.39 is 41.1 Å². The van der Waals surface area contributed by atoms with Crippen LogP contribution >= 0.6 is 11.6 Å². The summed E-state index contributed by atoms with van der Waals surface area (Å²) in [6, 6.07) is 2.66. The molecule has 0 amide bonds. The van der Waals surface area contributed by atoms with Gasteiger partial charge < -0.3 is 0 Å². The number of alkyl halides is 1. The van der Waals surface area contributed by atoms with Gasteiger partial charge in [0.05, 0.1) is 15.6 Å². The van der Waals surface area contributed by atoms with Crippen molar-refractivity contribution in [3.05, 3.63) is 28.3 Å². The van der Waals surface area contributed by atoms with Crippen molar-refractivity contribution < 1.29 is 21.8 Å². The quantitative estimate of drug-likeness (QED) is 0.424. The number of benzene rings is 1. The summed E-state index contributed by atoms with van der Waals surface area (Å²) < 4.78 is 48.5. The lowest BCUT2D eigenvalue weighted by molar-refractivity contribution is -0.388. The average molecular weight is 357 g/mol. The monoisotopic (exact) mass is 356 g/mol. The third-order valence-corrected chi connectivity index (χ3v) is 6.57. The number of hydrogen-bond acceptors (Lipinski definition) is 6. The van der Waals surface area contributed by atoms with Crippen molar-refractivity contribution in [2.24, 2.45) is 0 Å². The Kier molecular flexibility index (Phi) is 5.31. The van der Waals surface area contributed by atoms with Gasteiger partial charge in [-0.3, -0.25) is 10.1 Å². The van der Waals surface area contributed by atoms with Crippen LogP contribution in [0.5, 0.6) is 0 Å². The molecule has 1 aromatic rings. The lowest BCUT2D eigenvalue weighted by atomic mass is 10.3. The van der Waals surface area contributed by atoms with Gasteiger partial charge in [0, 0.05) is 26.0 Å². The van der Waals surface area contributed by atoms with E-state index in [9.17, 15) is 26.9 Å². The molecule has 0 unspecified atom stereocenters. The van der Waals surface area contributed by atoms with E-state index in [-0.39, 0.29) is 10.8 Å². The largest absolute Gasteiger partial charge is 0.289 e. The van der Waals surface area contributed by atoms with Crippen LogP contribution in [0.4, 0.5) is 5.69 Å². The topological polar surface area (TPSA) is 115 Å². The molecule has 21 heavy (non-hydrogen) atoms. The molecule has 8 nitrogen and oxygen atoms in total. The van der Waals surface area contributed by atoms with E-state index in [1.54, 1.807) is 0 Å². The number of nitro benzene ring substituents is 1. The number of sulfonamides is 1. The summed E-state index contributed by atoms with van der Waals surface area (Å²) in [5.41, 5.74) is -0.789. The predicted molar refractivity (Wildman–Crippen MR) is 76.7 cm³/mol. The standard InChI is InChI=1S/C10H13ClN2O6S2/c1-12(2)21(18,19)8-3-4-10(9(7-8)13(14)15)20(16,17)6-5-11/h3-4,7H,5-6H2,1-2H3. The first-order valence-corrected chi connectivity index (χ1v) is 9.16. The third-order valence-electron chi connectivity index (χ3n) is 2.59. The van der Waals surface area contributed by atoms with Crippen LogP contribution in [0.1, 0.15) is 0 Å². The maximum atomic E-state index is 11.9. The molecule has 0 saturated carbocycles. The summed E-state index contributed by atoms with van der Waals surface area (Å²) in [5.74, 6) is -0.702. The molecule has 0 heterocycles. The molecular formula is C10H13ClN2O6S2. The summed E-state index contributed by atoms with van der Waals surface area (Å²) in [6.45, 7) is 0. The Morgan fingerprint density at radius 1 is 1.24 bits per heavy atom. The molecule has 1 rings (SSSR count). The van der Waals surface area contributed by atoms with Crippen molar-refractivity contribution in [3.8, 4) is 0 Å². The van der Waals surface area contributed by atoms with Gasteiger partial charge >= 0.3 is 0 Å². The van der Waals surface area contributed by atoms with Crippen LogP contribution in [0.25, 0.3) is 0 Å². The van der Waals surface area contributed by atoms with Crippen LogP contribution in [0.2, 0.25) is 0 Å². The van der Waals surface area contributed by atoms with E-state index in [4.69, 9.17) is 11.6 Å². The van der Waals surface area contributed by atoms with E-state index in [2.05, 4.69) is 0 Å². The zero-order chi connectivity index (χ0) is 16.4. The van der Waals surface area contributed by atoms with Crippen molar-refractivity contribution in [1.82, 2.24) is 4.31 Å². The van der Waals surface area contributed by atoms with Crippen molar-refractivity contribution in [1.29, 1.82) is 0 Å². The minimum atomic E-state index is -3.95. The average Bonchev–Trinajstić information content (AvgIpc) is 2.37. The van der Waals surface area contributed by atoms with E-state index in [0.29, 0.717) is 0 Å². The molecule has 0 aromatic heterocycles. The molecule has 0 atom stereocenters. The lowest BCUT2D eigenvalue weighted by Crippen LogP contribution is -2.22. The predicted octanol–water partition coefficient (Wildman–Crippen LogP) is 0.858. The summed E-state index contributed by atoms with van der Waals surface area (Å²) in [4.78, 5) is 9.18. The number of halogens is 1. The smallest absolute Gasteiger partial charge is 0.258 e. The second-order valence-electron chi connectivity index (χ2n) is 4.18. The lowest BCUT2D eigenvalue weighted by Gasteiger charge is -2.12. The molecule has 0 saturated heterocycles. The summed E-state index contributed by atoms with van der Waals surface area (Å²) >= 11 is 5.36. The van der Waals surface area contributed by atoms with Crippen LogP contribution in [-0.2, 0) is 19.9 Å². The fourth-order valence-corrected chi connectivity index (χ4v) is 4.17. The number of sulfone groups is 1. The third kappa shape index (κ3) is 3.70. The number of hydrogen-bond donors (Lipinski definition) is 0. The number of nitrogens with zero attached hydrogens (tertiary/aromatic N) is 2. The van der Waals surface area contributed by atoms with Gasteiger partial charge in [-0.05, 0) is 12.1 Å². The fourth-order valence-electron chi connectivity index (χ4n) is 1.49. The Bertz CT molecular complexity index is 758. The first-order valence-electron chi connectivity index (χ1n) is 5.53. The molecule has 118 valence electrons. The number of nitro groups is 1. The highest BCUT2D eigenvalue weighted by atomic mass is 35.5. The van der Waals surface area contributed by atoms with Crippen LogP contribution in [-0.4, -0.2) is 51.8 Å². The minimum Gasteiger partial charge on any atom is -0.258 e. The first kappa shape index (κ1) is 17.8. The van der Waals surface area contributed by atoms with Crippen LogP contribution in [0.15, 0.2) is 28.0 Å². The summed E-state index contributed by atoms with van der Waals surface area (Å²) in [5, 5.41) is 11.0. The highest BCUT2D eigenvalue weighted by Gasteiger charge is 2.29. The second-order valence-corrected chi connectivity index (χ2v) is 8.79. The van der Waals surface area contributed by atoms with Gasteiger partial charge in [-0.2, -0.15) is 0 Å². The van der Waals surface area contributed by atoms with E-state index >= 15 is 0 Å². The summed E-state index contributed by atoms with van der Waals surface area (Å²) in [7, 11) is -5.32. The van der Waals surface area contributed by atoms with Gasteiger partial charge in [-0.25, -0.2) is 21.1 Å². The molecular weight excluding hydrogens is 344 g/mol. The van der Waals surface area contributed by atoms with Gasteiger partial charge in [-0.15, -0.1) is 11.6 Å². The fraction of sp³-hybridized carbons (Fsp3) is 0.400. The molecule has 0 bridgehead atoms. The van der Waals surface area contributed by atoms with E-state index in [0.717, 1.165) is 22.5 Å². The van der Waals surface area contributed by atoms with Gasteiger partial charge in [0.1, 0.15) is 4.90 Å². The molecule has 0 spiro atoms.